The zero-order chi connectivity index (χ0) is 20.2. The SMILES string of the molecule is CCc1cc(-c2ccc(S(=O)(=O)F)cc2)nc2ccccc12.CS(N)(=O)=O. The molecule has 0 saturated heterocycles. The number of primary sulfonamides is 1. The molecule has 2 aromatic carbocycles. The first-order valence-corrected chi connectivity index (χ1v) is 11.2. The number of nitrogens with zero attached hydrogens (tertiary/aromatic N) is 1. The van der Waals surface area contributed by atoms with Crippen molar-refractivity contribution in [3.05, 3.63) is 60.2 Å². The van der Waals surface area contributed by atoms with E-state index in [1.165, 1.54) is 17.7 Å². The van der Waals surface area contributed by atoms with Crippen LogP contribution in [0, 0.1) is 0 Å². The smallest absolute Gasteiger partial charge is 0.248 e. The van der Waals surface area contributed by atoms with E-state index in [4.69, 9.17) is 0 Å². The van der Waals surface area contributed by atoms with Crippen LogP contribution in [0.1, 0.15) is 12.5 Å². The minimum Gasteiger partial charge on any atom is -0.248 e. The summed E-state index contributed by atoms with van der Waals surface area (Å²) in [6.45, 7) is 2.07. The van der Waals surface area contributed by atoms with Crippen LogP contribution in [-0.2, 0) is 26.7 Å². The monoisotopic (exact) mass is 410 g/mol. The van der Waals surface area contributed by atoms with Crippen LogP contribution in [0.25, 0.3) is 22.2 Å². The second kappa shape index (κ2) is 8.12. The molecule has 0 aliphatic heterocycles. The highest BCUT2D eigenvalue weighted by molar-refractivity contribution is 7.88. The van der Waals surface area contributed by atoms with Crippen LogP contribution in [0.2, 0.25) is 0 Å². The topological polar surface area (TPSA) is 107 Å². The quantitative estimate of drug-likeness (QED) is 0.668. The number of rotatable bonds is 3. The van der Waals surface area contributed by atoms with Gasteiger partial charge in [0.05, 0.1) is 22.4 Å². The van der Waals surface area contributed by atoms with Crippen molar-refractivity contribution in [1.29, 1.82) is 0 Å². The van der Waals surface area contributed by atoms with E-state index >= 15 is 0 Å². The number of benzene rings is 2. The lowest BCUT2D eigenvalue weighted by molar-refractivity contribution is 0.552. The maximum atomic E-state index is 12.9. The van der Waals surface area contributed by atoms with Crippen LogP contribution < -0.4 is 5.14 Å². The second-order valence-corrected chi connectivity index (χ2v) is 8.84. The van der Waals surface area contributed by atoms with Crippen molar-refractivity contribution < 1.29 is 20.7 Å². The molecule has 1 aromatic heterocycles. The Balaban J connectivity index is 0.000000465. The number of pyridine rings is 1. The predicted octanol–water partition coefficient (Wildman–Crippen LogP) is 3.03. The normalized spacial score (nSPS) is 11.7. The van der Waals surface area contributed by atoms with Crippen molar-refractivity contribution in [1.82, 2.24) is 4.98 Å². The van der Waals surface area contributed by atoms with Gasteiger partial charge < -0.3 is 0 Å². The third-order valence-electron chi connectivity index (χ3n) is 3.61. The number of para-hydroxylation sites is 1. The van der Waals surface area contributed by atoms with E-state index in [1.54, 1.807) is 12.1 Å². The molecule has 0 spiro atoms. The van der Waals surface area contributed by atoms with Gasteiger partial charge in [0.25, 0.3) is 0 Å². The van der Waals surface area contributed by atoms with Gasteiger partial charge in [0, 0.05) is 10.9 Å². The van der Waals surface area contributed by atoms with Crippen LogP contribution in [-0.4, -0.2) is 28.1 Å². The number of aromatic nitrogens is 1. The van der Waals surface area contributed by atoms with Gasteiger partial charge in [-0.1, -0.05) is 37.3 Å². The van der Waals surface area contributed by atoms with Gasteiger partial charge in [-0.25, -0.2) is 18.5 Å². The zero-order valence-electron chi connectivity index (χ0n) is 14.8. The molecule has 3 rings (SSSR count). The van der Waals surface area contributed by atoms with Gasteiger partial charge in [-0.3, -0.25) is 0 Å². The third kappa shape index (κ3) is 6.09. The molecule has 6 nitrogen and oxygen atoms in total. The summed E-state index contributed by atoms with van der Waals surface area (Å²) in [4.78, 5) is 4.26. The molecular weight excluding hydrogens is 391 g/mol. The Kier molecular flexibility index (Phi) is 6.30. The van der Waals surface area contributed by atoms with E-state index in [2.05, 4.69) is 17.0 Å². The summed E-state index contributed by atoms with van der Waals surface area (Å²) >= 11 is 0. The van der Waals surface area contributed by atoms with Crippen LogP contribution in [0.4, 0.5) is 3.89 Å². The van der Waals surface area contributed by atoms with E-state index in [9.17, 15) is 20.7 Å². The Morgan fingerprint density at radius 2 is 1.56 bits per heavy atom. The average molecular weight is 410 g/mol. The summed E-state index contributed by atoms with van der Waals surface area (Å²) in [6, 6.07) is 15.5. The highest BCUT2D eigenvalue weighted by Gasteiger charge is 2.12. The fourth-order valence-electron chi connectivity index (χ4n) is 2.48. The van der Waals surface area contributed by atoms with Crippen molar-refractivity contribution in [2.75, 3.05) is 6.26 Å². The largest absolute Gasteiger partial charge is 0.332 e. The molecule has 0 aliphatic carbocycles. The summed E-state index contributed by atoms with van der Waals surface area (Å²) in [5.74, 6) is 0. The van der Waals surface area contributed by atoms with Crippen molar-refractivity contribution in [3.8, 4) is 11.3 Å². The van der Waals surface area contributed by atoms with Gasteiger partial charge in [-0.2, -0.15) is 8.42 Å². The molecule has 0 bridgehead atoms. The predicted molar refractivity (Wildman–Crippen MR) is 104 cm³/mol. The summed E-state index contributed by atoms with van der Waals surface area (Å²) in [5, 5.41) is 5.43. The van der Waals surface area contributed by atoms with Gasteiger partial charge in [-0.15, -0.1) is 3.89 Å². The molecule has 2 N–H and O–H groups in total. The first kappa shape index (κ1) is 20.9. The van der Waals surface area contributed by atoms with E-state index in [0.29, 0.717) is 0 Å². The van der Waals surface area contributed by atoms with Crippen molar-refractivity contribution in [2.24, 2.45) is 5.14 Å². The molecular formula is C18H19FN2O4S2. The van der Waals surface area contributed by atoms with Gasteiger partial charge in [0.15, 0.2) is 0 Å². The summed E-state index contributed by atoms with van der Waals surface area (Å²) in [6.07, 6.45) is 1.81. The molecule has 0 radical (unpaired) electrons. The summed E-state index contributed by atoms with van der Waals surface area (Å²) < 4.78 is 53.5. The number of nitrogens with two attached hydrogens (primary N) is 1. The number of hydrogen-bond acceptors (Lipinski definition) is 5. The zero-order valence-corrected chi connectivity index (χ0v) is 16.4. The van der Waals surface area contributed by atoms with Gasteiger partial charge >= 0.3 is 10.2 Å². The van der Waals surface area contributed by atoms with Crippen LogP contribution in [0.5, 0.6) is 0 Å². The number of sulfonamides is 1. The number of aryl methyl sites for hydroxylation is 1. The van der Waals surface area contributed by atoms with Crippen molar-refractivity contribution >= 4 is 31.1 Å². The molecule has 0 saturated carbocycles. The Morgan fingerprint density at radius 1 is 1.00 bits per heavy atom. The van der Waals surface area contributed by atoms with Crippen LogP contribution >= 0.6 is 0 Å². The number of fused-ring (bicyclic) bond motifs is 1. The Bertz CT molecular complexity index is 1150. The molecule has 0 fully saturated rings. The second-order valence-electron chi connectivity index (χ2n) is 5.83. The van der Waals surface area contributed by atoms with E-state index < -0.39 is 20.2 Å². The lowest BCUT2D eigenvalue weighted by Crippen LogP contribution is -2.07. The van der Waals surface area contributed by atoms with Gasteiger partial charge in [0.2, 0.25) is 10.0 Å². The summed E-state index contributed by atoms with van der Waals surface area (Å²) in [5.41, 5.74) is 3.56. The molecule has 27 heavy (non-hydrogen) atoms. The van der Waals surface area contributed by atoms with E-state index in [0.717, 1.165) is 34.8 Å². The first-order valence-electron chi connectivity index (χ1n) is 7.90. The maximum Gasteiger partial charge on any atom is 0.332 e. The minimum atomic E-state index is -4.67. The fraction of sp³-hybridized carbons (Fsp3) is 0.167. The average Bonchev–Trinajstić information content (AvgIpc) is 2.58. The molecule has 0 amide bonds. The standard InChI is InChI=1S/C17H14FNO2S.CH5NO2S/c1-2-12-11-17(19-16-6-4-3-5-15(12)16)13-7-9-14(10-8-13)22(18,20)21;1-5(2,3)4/h3-11H,2H2,1H3;1H3,(H2,2,3,4). The van der Waals surface area contributed by atoms with Crippen LogP contribution in [0.15, 0.2) is 59.5 Å². The molecule has 1 heterocycles. The number of halogens is 1. The van der Waals surface area contributed by atoms with E-state index in [1.807, 2.05) is 30.3 Å². The maximum absolute atomic E-state index is 12.9. The number of hydrogen-bond donors (Lipinski definition) is 1. The Morgan fingerprint density at radius 3 is 2.07 bits per heavy atom. The van der Waals surface area contributed by atoms with E-state index in [-0.39, 0.29) is 4.90 Å². The highest BCUT2D eigenvalue weighted by atomic mass is 32.3. The highest BCUT2D eigenvalue weighted by Crippen LogP contribution is 2.26. The fourth-order valence-corrected chi connectivity index (χ4v) is 2.94. The first-order chi connectivity index (χ1) is 12.5. The molecule has 0 unspecified atom stereocenters. The molecule has 3 aromatic rings. The third-order valence-corrected chi connectivity index (χ3v) is 4.45. The Labute approximate surface area is 158 Å². The molecule has 9 heteroatoms. The van der Waals surface area contributed by atoms with Crippen molar-refractivity contribution in [3.63, 3.8) is 0 Å². The lowest BCUT2D eigenvalue weighted by Gasteiger charge is -2.08. The van der Waals surface area contributed by atoms with Gasteiger partial charge in [-0.05, 0) is 36.2 Å². The minimum absolute atomic E-state index is 0.340. The summed E-state index contributed by atoms with van der Waals surface area (Å²) in [7, 11) is -7.84. The lowest BCUT2D eigenvalue weighted by atomic mass is 10.0. The molecule has 144 valence electrons. The van der Waals surface area contributed by atoms with Crippen LogP contribution in [0.3, 0.4) is 0 Å². The molecule has 0 atom stereocenters. The van der Waals surface area contributed by atoms with Gasteiger partial charge in [0.1, 0.15) is 0 Å². The molecule has 0 aliphatic rings. The van der Waals surface area contributed by atoms with Crippen molar-refractivity contribution in [2.45, 2.75) is 18.2 Å². The Hall–Kier alpha value is -2.36.